The van der Waals surface area contributed by atoms with Gasteiger partial charge in [-0.2, -0.15) is 0 Å². The Morgan fingerprint density at radius 2 is 2.00 bits per heavy atom. The van der Waals surface area contributed by atoms with E-state index in [1.807, 2.05) is 0 Å². The van der Waals surface area contributed by atoms with Gasteiger partial charge in [0.1, 0.15) is 5.02 Å². The second-order valence-electron chi connectivity index (χ2n) is 3.12. The third-order valence-electron chi connectivity index (χ3n) is 1.99. The van der Waals surface area contributed by atoms with E-state index < -0.39 is 14.9 Å². The van der Waals surface area contributed by atoms with E-state index in [-0.39, 0.29) is 16.4 Å². The number of nitro groups is 1. The van der Waals surface area contributed by atoms with Gasteiger partial charge in [-0.15, -0.1) is 0 Å². The molecule has 0 radical (unpaired) electrons. The molecule has 88 valence electrons. The van der Waals surface area contributed by atoms with Crippen LogP contribution in [0, 0.1) is 10.1 Å². The van der Waals surface area contributed by atoms with Gasteiger partial charge >= 0.3 is 0 Å². The summed E-state index contributed by atoms with van der Waals surface area (Å²) >= 11 is 5.60. The normalized spacial score (nSPS) is 11.2. The van der Waals surface area contributed by atoms with E-state index in [0.717, 1.165) is 16.6 Å². The van der Waals surface area contributed by atoms with Crippen LogP contribution in [0.4, 0.5) is 11.4 Å². The first-order valence-corrected chi connectivity index (χ1v) is 6.34. The first-order chi connectivity index (χ1) is 7.23. The van der Waals surface area contributed by atoms with Crippen LogP contribution in [-0.2, 0) is 10.0 Å². The highest BCUT2D eigenvalue weighted by molar-refractivity contribution is 7.92. The molecule has 8 heteroatoms. The third kappa shape index (κ3) is 2.61. The molecule has 0 aliphatic rings. The van der Waals surface area contributed by atoms with Crippen LogP contribution in [0.1, 0.15) is 0 Å². The number of sulfonamides is 1. The number of hydrogen-bond donors (Lipinski definition) is 0. The van der Waals surface area contributed by atoms with Crippen molar-refractivity contribution in [3.8, 4) is 0 Å². The van der Waals surface area contributed by atoms with Crippen molar-refractivity contribution in [2.45, 2.75) is 0 Å². The number of rotatable bonds is 3. The Morgan fingerprint density at radius 1 is 1.44 bits per heavy atom. The highest BCUT2D eigenvalue weighted by atomic mass is 35.5. The van der Waals surface area contributed by atoms with Gasteiger partial charge in [-0.3, -0.25) is 14.4 Å². The van der Waals surface area contributed by atoms with Gasteiger partial charge in [0, 0.05) is 13.1 Å². The molecule has 0 atom stereocenters. The van der Waals surface area contributed by atoms with Crippen molar-refractivity contribution >= 4 is 33.0 Å². The zero-order valence-corrected chi connectivity index (χ0v) is 10.1. The third-order valence-corrected chi connectivity index (χ3v) is 3.51. The number of nitro benzene ring substituents is 1. The Balaban J connectivity index is 3.29. The van der Waals surface area contributed by atoms with Crippen LogP contribution in [0.15, 0.2) is 18.2 Å². The molecule has 0 aliphatic heterocycles. The molecule has 16 heavy (non-hydrogen) atoms. The summed E-state index contributed by atoms with van der Waals surface area (Å²) in [5, 5.41) is 10.6. The molecule has 0 bridgehead atoms. The van der Waals surface area contributed by atoms with Gasteiger partial charge in [0.05, 0.1) is 16.9 Å². The molecule has 0 saturated heterocycles. The summed E-state index contributed by atoms with van der Waals surface area (Å²) in [4.78, 5) is 9.93. The Morgan fingerprint density at radius 3 is 2.44 bits per heavy atom. The van der Waals surface area contributed by atoms with Gasteiger partial charge < -0.3 is 0 Å². The summed E-state index contributed by atoms with van der Waals surface area (Å²) in [7, 11) is -2.14. The van der Waals surface area contributed by atoms with Crippen molar-refractivity contribution < 1.29 is 13.3 Å². The van der Waals surface area contributed by atoms with Crippen LogP contribution in [0.25, 0.3) is 0 Å². The lowest BCUT2D eigenvalue weighted by molar-refractivity contribution is -0.384. The molecule has 0 aromatic heterocycles. The molecular weight excluding hydrogens is 256 g/mol. The zero-order chi connectivity index (χ0) is 12.5. The van der Waals surface area contributed by atoms with E-state index in [9.17, 15) is 18.5 Å². The summed E-state index contributed by atoms with van der Waals surface area (Å²) < 4.78 is 23.4. The number of benzene rings is 1. The highest BCUT2D eigenvalue weighted by Gasteiger charge is 2.18. The molecular formula is C8H9ClN2O4S. The average Bonchev–Trinajstić information content (AvgIpc) is 2.15. The SMILES string of the molecule is CN(c1ccc(Cl)c([N+](=O)[O-])c1)S(C)(=O)=O. The van der Waals surface area contributed by atoms with Crippen LogP contribution in [0.2, 0.25) is 5.02 Å². The van der Waals surface area contributed by atoms with Crippen molar-refractivity contribution in [3.63, 3.8) is 0 Å². The maximum Gasteiger partial charge on any atom is 0.289 e. The smallest absolute Gasteiger partial charge is 0.273 e. The molecule has 1 rings (SSSR count). The Hall–Kier alpha value is -1.34. The molecule has 0 heterocycles. The lowest BCUT2D eigenvalue weighted by Gasteiger charge is -2.16. The monoisotopic (exact) mass is 264 g/mol. The second kappa shape index (κ2) is 4.26. The van der Waals surface area contributed by atoms with E-state index in [4.69, 9.17) is 11.6 Å². The zero-order valence-electron chi connectivity index (χ0n) is 8.55. The first-order valence-electron chi connectivity index (χ1n) is 4.11. The van der Waals surface area contributed by atoms with E-state index in [1.165, 1.54) is 19.2 Å². The maximum absolute atomic E-state index is 11.2. The summed E-state index contributed by atoms with van der Waals surface area (Å²) in [6.45, 7) is 0. The quantitative estimate of drug-likeness (QED) is 0.614. The Kier molecular flexibility index (Phi) is 3.39. The van der Waals surface area contributed by atoms with Crippen molar-refractivity contribution in [2.75, 3.05) is 17.6 Å². The summed E-state index contributed by atoms with van der Waals surface area (Å²) in [5.41, 5.74) is -0.131. The molecule has 0 spiro atoms. The Bertz CT molecular complexity index is 529. The minimum atomic E-state index is -3.44. The van der Waals surface area contributed by atoms with Gasteiger partial charge in [0.25, 0.3) is 5.69 Å². The number of halogens is 1. The van der Waals surface area contributed by atoms with Crippen molar-refractivity contribution in [1.82, 2.24) is 0 Å². The van der Waals surface area contributed by atoms with Gasteiger partial charge in [0.15, 0.2) is 0 Å². The minimum absolute atomic E-state index is 0.0318. The average molecular weight is 265 g/mol. The van der Waals surface area contributed by atoms with Crippen LogP contribution >= 0.6 is 11.6 Å². The molecule has 0 N–H and O–H groups in total. The fourth-order valence-electron chi connectivity index (χ4n) is 1.03. The van der Waals surface area contributed by atoms with Gasteiger partial charge in [0.2, 0.25) is 10.0 Å². The summed E-state index contributed by atoms with van der Waals surface area (Å²) in [5.74, 6) is 0. The number of hydrogen-bond acceptors (Lipinski definition) is 4. The molecule has 0 aliphatic carbocycles. The summed E-state index contributed by atoms with van der Waals surface area (Å²) in [6.07, 6.45) is 1.01. The molecule has 0 amide bonds. The van der Waals surface area contributed by atoms with Crippen LogP contribution in [0.5, 0.6) is 0 Å². The van der Waals surface area contributed by atoms with E-state index in [1.54, 1.807) is 0 Å². The molecule has 1 aromatic carbocycles. The largest absolute Gasteiger partial charge is 0.289 e. The van der Waals surface area contributed by atoms with E-state index in [2.05, 4.69) is 0 Å². The lowest BCUT2D eigenvalue weighted by atomic mass is 10.3. The van der Waals surface area contributed by atoms with Crippen molar-refractivity contribution in [3.05, 3.63) is 33.3 Å². The van der Waals surface area contributed by atoms with Crippen LogP contribution in [-0.4, -0.2) is 26.6 Å². The van der Waals surface area contributed by atoms with Gasteiger partial charge in [-0.25, -0.2) is 8.42 Å². The van der Waals surface area contributed by atoms with Crippen molar-refractivity contribution in [2.24, 2.45) is 0 Å². The maximum atomic E-state index is 11.2. The van der Waals surface area contributed by atoms with E-state index >= 15 is 0 Å². The number of anilines is 1. The topological polar surface area (TPSA) is 80.5 Å². The summed E-state index contributed by atoms with van der Waals surface area (Å²) in [6, 6.07) is 3.80. The Labute approximate surface area is 97.6 Å². The molecule has 0 unspecified atom stereocenters. The van der Waals surface area contributed by atoms with Gasteiger partial charge in [-0.05, 0) is 12.1 Å². The second-order valence-corrected chi connectivity index (χ2v) is 5.54. The fraction of sp³-hybridized carbons (Fsp3) is 0.250. The molecule has 6 nitrogen and oxygen atoms in total. The standard InChI is InChI=1S/C8H9ClN2O4S/c1-10(16(2,14)15)6-3-4-7(9)8(5-6)11(12)13/h3-5H,1-2H3. The molecule has 0 fully saturated rings. The molecule has 0 saturated carbocycles. The minimum Gasteiger partial charge on any atom is -0.273 e. The first kappa shape index (κ1) is 12.7. The highest BCUT2D eigenvalue weighted by Crippen LogP contribution is 2.29. The fourth-order valence-corrected chi connectivity index (χ4v) is 1.71. The predicted octanol–water partition coefficient (Wildman–Crippen LogP) is 1.64. The predicted molar refractivity (Wildman–Crippen MR) is 61.4 cm³/mol. The van der Waals surface area contributed by atoms with Gasteiger partial charge in [-0.1, -0.05) is 11.6 Å². The van der Waals surface area contributed by atoms with Crippen molar-refractivity contribution in [1.29, 1.82) is 0 Å². The van der Waals surface area contributed by atoms with Crippen LogP contribution in [0.3, 0.4) is 0 Å². The van der Waals surface area contributed by atoms with E-state index in [0.29, 0.717) is 0 Å². The molecule has 1 aromatic rings. The number of nitrogens with zero attached hydrogens (tertiary/aromatic N) is 2. The lowest BCUT2D eigenvalue weighted by Crippen LogP contribution is -2.24. The van der Waals surface area contributed by atoms with Crippen LogP contribution < -0.4 is 4.31 Å².